The Hall–Kier alpha value is -3.32. The Bertz CT molecular complexity index is 1430. The van der Waals surface area contributed by atoms with E-state index in [-0.39, 0.29) is 36.2 Å². The van der Waals surface area contributed by atoms with E-state index in [1.54, 1.807) is 30.3 Å². The smallest absolute Gasteiger partial charge is 0.343 e. The van der Waals surface area contributed by atoms with Gasteiger partial charge in [-0.05, 0) is 50.5 Å². The minimum Gasteiger partial charge on any atom is -0.462 e. The van der Waals surface area contributed by atoms with Gasteiger partial charge in [0, 0.05) is 20.3 Å². The highest BCUT2D eigenvalue weighted by Gasteiger charge is 2.89. The quantitative estimate of drug-likeness (QED) is 0.249. The molecule has 4 fully saturated rings. The number of benzene rings is 1. The molecule has 0 amide bonds. The van der Waals surface area contributed by atoms with Crippen LogP contribution in [0.2, 0.25) is 0 Å². The molecular weight excluding hydrogens is 564 g/mol. The van der Waals surface area contributed by atoms with Gasteiger partial charge in [-0.25, -0.2) is 9.59 Å². The van der Waals surface area contributed by atoms with E-state index in [1.165, 1.54) is 34.6 Å². The van der Waals surface area contributed by atoms with Gasteiger partial charge in [0.15, 0.2) is 11.2 Å². The number of aliphatic hydroxyl groups excluding tert-OH is 1. The topological polar surface area (TPSA) is 175 Å². The van der Waals surface area contributed by atoms with Gasteiger partial charge in [-0.2, -0.15) is 0 Å². The molecule has 5 aliphatic rings. The van der Waals surface area contributed by atoms with Gasteiger partial charge >= 0.3 is 23.9 Å². The summed E-state index contributed by atoms with van der Waals surface area (Å²) in [5, 5.41) is 36.3. The Morgan fingerprint density at radius 1 is 1.05 bits per heavy atom. The number of carbonyl (C=O) groups is 4. The van der Waals surface area contributed by atoms with Crippen LogP contribution in [0.4, 0.5) is 0 Å². The number of hydrogen-bond acceptors (Lipinski definition) is 12. The largest absolute Gasteiger partial charge is 0.462 e. The minimum atomic E-state index is -2.58. The lowest BCUT2D eigenvalue weighted by Crippen LogP contribution is -2.85. The monoisotopic (exact) mass is 600 g/mol. The predicted molar refractivity (Wildman–Crippen MR) is 144 cm³/mol. The van der Waals surface area contributed by atoms with Crippen LogP contribution in [0.1, 0.15) is 57.8 Å². The van der Waals surface area contributed by atoms with Gasteiger partial charge in [0.25, 0.3) is 0 Å². The second-order valence-corrected chi connectivity index (χ2v) is 13.0. The molecule has 2 saturated carbocycles. The molecule has 6 rings (SSSR count). The van der Waals surface area contributed by atoms with Crippen LogP contribution >= 0.6 is 0 Å². The Balaban J connectivity index is 1.71. The highest BCUT2D eigenvalue weighted by Crippen LogP contribution is 2.75. The standard InChI is InChI=1S/C31H36O12/c1-15-19(34)12-28(27(4,5)37)22(15)31(38)26(36)40-13-29(31)20(41-16(2)32)11-21-30(14-39-21,43-17(3)33)23(29)24(28)42-25(35)18-9-7-6-8-10-18/h6-10,19-21,23-24,34,37-38H,11-14H2,1-5H3/t19-,20-,21+,23-,24-,28-,29+,30-,31+/m0/s1. The first kappa shape index (κ1) is 29.7. The third kappa shape index (κ3) is 3.57. The fourth-order valence-electron chi connectivity index (χ4n) is 8.89. The van der Waals surface area contributed by atoms with Crippen molar-refractivity contribution in [1.29, 1.82) is 0 Å². The van der Waals surface area contributed by atoms with Gasteiger partial charge < -0.3 is 39.0 Å². The molecule has 1 aromatic rings. The maximum absolute atomic E-state index is 13.9. The molecule has 232 valence electrons. The summed E-state index contributed by atoms with van der Waals surface area (Å²) in [6.07, 6.45) is -5.15. The Labute approximate surface area is 247 Å². The zero-order chi connectivity index (χ0) is 31.3. The van der Waals surface area contributed by atoms with Crippen LogP contribution in [-0.2, 0) is 38.1 Å². The highest BCUT2D eigenvalue weighted by atomic mass is 16.6. The van der Waals surface area contributed by atoms with E-state index in [0.717, 1.165) is 0 Å². The molecule has 12 heteroatoms. The van der Waals surface area contributed by atoms with Crippen LogP contribution in [0.5, 0.6) is 0 Å². The van der Waals surface area contributed by atoms with Crippen molar-refractivity contribution in [2.45, 2.75) is 88.7 Å². The van der Waals surface area contributed by atoms with E-state index in [4.69, 9.17) is 23.7 Å². The third-order valence-corrected chi connectivity index (χ3v) is 10.5. The van der Waals surface area contributed by atoms with Gasteiger partial charge in [0.1, 0.15) is 24.9 Å². The lowest BCUT2D eigenvalue weighted by Gasteiger charge is -2.70. The fourth-order valence-corrected chi connectivity index (χ4v) is 8.89. The van der Waals surface area contributed by atoms with E-state index < -0.39 is 88.5 Å². The molecule has 9 atom stereocenters. The normalized spacial score (nSPS) is 41.1. The predicted octanol–water partition coefficient (Wildman–Crippen LogP) is 0.991. The summed E-state index contributed by atoms with van der Waals surface area (Å²) in [5.74, 6) is -4.58. The SMILES string of the molecule is CC(=O)O[C@H]1C[C@H]2OC[C@@]2(OC(C)=O)[C@H]2[C@H](OC(=O)c3ccccc3)[C@]3(C(C)(C)O)C[C@H](O)C(C)=C3[C@@]3(O)C(=O)OC[C@@]123. The number of hydrogen-bond donors (Lipinski definition) is 3. The van der Waals surface area contributed by atoms with Crippen molar-refractivity contribution in [3.63, 3.8) is 0 Å². The van der Waals surface area contributed by atoms with Crippen molar-refractivity contribution in [3.05, 3.63) is 47.0 Å². The summed E-state index contributed by atoms with van der Waals surface area (Å²) in [6.45, 7) is 6.11. The molecule has 2 aliphatic heterocycles. The summed E-state index contributed by atoms with van der Waals surface area (Å²) < 4.78 is 29.7. The molecule has 0 unspecified atom stereocenters. The van der Waals surface area contributed by atoms with Crippen LogP contribution in [0, 0.1) is 16.7 Å². The van der Waals surface area contributed by atoms with Crippen molar-refractivity contribution in [2.75, 3.05) is 13.2 Å². The number of fused-ring (bicyclic) bond motifs is 4. The average molecular weight is 601 g/mol. The zero-order valence-corrected chi connectivity index (χ0v) is 24.6. The van der Waals surface area contributed by atoms with E-state index in [0.29, 0.717) is 0 Å². The Kier molecular flexibility index (Phi) is 6.46. The van der Waals surface area contributed by atoms with Crippen molar-refractivity contribution in [1.82, 2.24) is 0 Å². The van der Waals surface area contributed by atoms with Crippen LogP contribution in [-0.4, -0.2) is 93.6 Å². The van der Waals surface area contributed by atoms with Crippen molar-refractivity contribution < 1.29 is 58.2 Å². The van der Waals surface area contributed by atoms with Crippen LogP contribution in [0.15, 0.2) is 41.5 Å². The van der Waals surface area contributed by atoms with Crippen molar-refractivity contribution in [2.24, 2.45) is 16.7 Å². The number of ether oxygens (including phenoxy) is 5. The van der Waals surface area contributed by atoms with Gasteiger partial charge in [-0.15, -0.1) is 0 Å². The van der Waals surface area contributed by atoms with Gasteiger partial charge in [0.05, 0.1) is 40.6 Å². The number of cyclic esters (lactones) is 1. The average Bonchev–Trinajstić information content (AvgIpc) is 3.35. The third-order valence-electron chi connectivity index (χ3n) is 10.5. The summed E-state index contributed by atoms with van der Waals surface area (Å²) in [5.41, 5.74) is -9.37. The zero-order valence-electron chi connectivity index (χ0n) is 24.6. The van der Waals surface area contributed by atoms with Crippen LogP contribution in [0.3, 0.4) is 0 Å². The first-order valence-corrected chi connectivity index (χ1v) is 14.3. The first-order valence-electron chi connectivity index (χ1n) is 14.3. The molecule has 0 radical (unpaired) electrons. The molecule has 3 aliphatic carbocycles. The van der Waals surface area contributed by atoms with Crippen LogP contribution in [0.25, 0.3) is 0 Å². The number of esters is 4. The van der Waals surface area contributed by atoms with E-state index in [9.17, 15) is 34.5 Å². The van der Waals surface area contributed by atoms with Gasteiger partial charge in [-0.1, -0.05) is 18.2 Å². The molecule has 43 heavy (non-hydrogen) atoms. The minimum absolute atomic E-state index is 0.0570. The fraction of sp³-hybridized carbons (Fsp3) is 0.613. The maximum atomic E-state index is 13.9. The second kappa shape index (κ2) is 9.34. The van der Waals surface area contributed by atoms with E-state index in [1.807, 2.05) is 0 Å². The summed E-state index contributed by atoms with van der Waals surface area (Å²) in [4.78, 5) is 53.0. The lowest BCUT2D eigenvalue weighted by molar-refractivity contribution is -0.369. The second-order valence-electron chi connectivity index (χ2n) is 13.0. The van der Waals surface area contributed by atoms with Crippen molar-refractivity contribution in [3.8, 4) is 0 Å². The Morgan fingerprint density at radius 3 is 2.28 bits per heavy atom. The summed E-state index contributed by atoms with van der Waals surface area (Å²) in [6, 6.07) is 8.11. The number of rotatable bonds is 5. The maximum Gasteiger partial charge on any atom is 0.343 e. The summed E-state index contributed by atoms with van der Waals surface area (Å²) in [7, 11) is 0. The van der Waals surface area contributed by atoms with Gasteiger partial charge in [0.2, 0.25) is 0 Å². The molecular formula is C31H36O12. The highest BCUT2D eigenvalue weighted by molar-refractivity contribution is 5.91. The molecule has 0 bridgehead atoms. The van der Waals surface area contributed by atoms with E-state index in [2.05, 4.69) is 0 Å². The molecule has 1 aromatic carbocycles. The van der Waals surface area contributed by atoms with E-state index >= 15 is 0 Å². The first-order chi connectivity index (χ1) is 20.1. The molecule has 0 aromatic heterocycles. The molecule has 3 N–H and O–H groups in total. The number of aliphatic hydroxyl groups is 3. The molecule has 12 nitrogen and oxygen atoms in total. The van der Waals surface area contributed by atoms with Gasteiger partial charge in [-0.3, -0.25) is 9.59 Å². The molecule has 1 spiro atoms. The number of carbonyl (C=O) groups excluding carboxylic acids is 4. The van der Waals surface area contributed by atoms with Crippen LogP contribution < -0.4 is 0 Å². The molecule has 2 saturated heterocycles. The van der Waals surface area contributed by atoms with Crippen molar-refractivity contribution >= 4 is 23.9 Å². The molecule has 2 heterocycles. The lowest BCUT2D eigenvalue weighted by atomic mass is 9.38. The Morgan fingerprint density at radius 2 is 1.72 bits per heavy atom. The summed E-state index contributed by atoms with van der Waals surface area (Å²) >= 11 is 0.